The van der Waals surface area contributed by atoms with E-state index in [4.69, 9.17) is 14.5 Å². The number of aromatic nitrogens is 3. The van der Waals surface area contributed by atoms with Crippen LogP contribution >= 0.6 is 0 Å². The largest absolute Gasteiger partial charge is 0.497 e. The van der Waals surface area contributed by atoms with Crippen LogP contribution in [0.5, 0.6) is 11.5 Å². The molecule has 0 aliphatic heterocycles. The van der Waals surface area contributed by atoms with Gasteiger partial charge in [-0.25, -0.2) is 9.67 Å². The summed E-state index contributed by atoms with van der Waals surface area (Å²) in [5.41, 5.74) is 3.72. The average Bonchev–Trinajstić information content (AvgIpc) is 3.25. The number of nitrogens with one attached hydrogen (secondary N) is 1. The summed E-state index contributed by atoms with van der Waals surface area (Å²) in [6, 6.07) is 17.1. The van der Waals surface area contributed by atoms with E-state index in [9.17, 15) is 4.79 Å². The van der Waals surface area contributed by atoms with Crippen molar-refractivity contribution in [2.45, 2.75) is 20.0 Å². The molecule has 0 saturated carbocycles. The van der Waals surface area contributed by atoms with Crippen LogP contribution in [-0.2, 0) is 13.1 Å². The lowest BCUT2D eigenvalue weighted by atomic mass is 10.1. The van der Waals surface area contributed by atoms with Crippen molar-refractivity contribution in [3.63, 3.8) is 0 Å². The van der Waals surface area contributed by atoms with Gasteiger partial charge in [0.2, 0.25) is 0 Å². The van der Waals surface area contributed by atoms with Gasteiger partial charge in [0.25, 0.3) is 5.91 Å². The molecular formula is C24H24N4O3. The minimum atomic E-state index is -0.204. The summed E-state index contributed by atoms with van der Waals surface area (Å²) in [6.45, 7) is 2.96. The summed E-state index contributed by atoms with van der Waals surface area (Å²) in [5.74, 6) is 1.18. The van der Waals surface area contributed by atoms with Gasteiger partial charge in [0.15, 0.2) is 5.65 Å². The van der Waals surface area contributed by atoms with Gasteiger partial charge in [0.1, 0.15) is 11.5 Å². The van der Waals surface area contributed by atoms with E-state index in [2.05, 4.69) is 10.4 Å². The van der Waals surface area contributed by atoms with Crippen LogP contribution in [0.2, 0.25) is 0 Å². The van der Waals surface area contributed by atoms with Gasteiger partial charge in [0, 0.05) is 24.2 Å². The maximum atomic E-state index is 13.2. The fourth-order valence-electron chi connectivity index (χ4n) is 3.51. The van der Waals surface area contributed by atoms with E-state index in [1.54, 1.807) is 25.1 Å². The SMILES string of the molecule is CCn1ncc2c(C(=O)NCc3cc(OC)ccc3OC)cc(-c3ccccc3)nc21. The molecule has 1 N–H and O–H groups in total. The number of nitrogens with zero attached hydrogens (tertiary/aromatic N) is 3. The van der Waals surface area contributed by atoms with Crippen LogP contribution in [0.4, 0.5) is 0 Å². The molecule has 4 aromatic rings. The van der Waals surface area contributed by atoms with Gasteiger partial charge < -0.3 is 14.8 Å². The van der Waals surface area contributed by atoms with Gasteiger partial charge in [-0.3, -0.25) is 4.79 Å². The number of ether oxygens (including phenoxy) is 2. The maximum absolute atomic E-state index is 13.2. The number of methoxy groups -OCH3 is 2. The highest BCUT2D eigenvalue weighted by atomic mass is 16.5. The number of hydrogen-bond donors (Lipinski definition) is 1. The van der Waals surface area contributed by atoms with Gasteiger partial charge in [-0.2, -0.15) is 5.10 Å². The summed E-state index contributed by atoms with van der Waals surface area (Å²) in [7, 11) is 3.21. The van der Waals surface area contributed by atoms with E-state index in [0.717, 1.165) is 22.2 Å². The molecule has 0 unspecified atom stereocenters. The smallest absolute Gasteiger partial charge is 0.252 e. The highest BCUT2D eigenvalue weighted by Gasteiger charge is 2.18. The lowest BCUT2D eigenvalue weighted by molar-refractivity contribution is 0.0952. The van der Waals surface area contributed by atoms with Crippen molar-refractivity contribution in [1.82, 2.24) is 20.1 Å². The Labute approximate surface area is 180 Å². The Kier molecular flexibility index (Phi) is 5.84. The number of hydrogen-bond acceptors (Lipinski definition) is 5. The Bertz CT molecular complexity index is 1220. The molecule has 0 aliphatic rings. The number of amides is 1. The van der Waals surface area contributed by atoms with Gasteiger partial charge in [0.05, 0.1) is 37.1 Å². The van der Waals surface area contributed by atoms with Gasteiger partial charge in [-0.05, 0) is 31.2 Å². The molecule has 4 rings (SSSR count). The number of pyridine rings is 1. The molecule has 2 aromatic heterocycles. The maximum Gasteiger partial charge on any atom is 0.252 e. The predicted molar refractivity (Wildman–Crippen MR) is 119 cm³/mol. The molecule has 0 bridgehead atoms. The monoisotopic (exact) mass is 416 g/mol. The summed E-state index contributed by atoms with van der Waals surface area (Å²) >= 11 is 0. The molecule has 7 heteroatoms. The summed E-state index contributed by atoms with van der Waals surface area (Å²) in [6.07, 6.45) is 1.70. The lowest BCUT2D eigenvalue weighted by Crippen LogP contribution is -2.23. The van der Waals surface area contributed by atoms with Gasteiger partial charge >= 0.3 is 0 Å². The van der Waals surface area contributed by atoms with Crippen molar-refractivity contribution in [3.8, 4) is 22.8 Å². The Morgan fingerprint density at radius 2 is 1.87 bits per heavy atom. The Morgan fingerprint density at radius 1 is 1.06 bits per heavy atom. The van der Waals surface area contributed by atoms with Crippen LogP contribution in [0.15, 0.2) is 60.8 Å². The molecule has 2 aromatic carbocycles. The van der Waals surface area contributed by atoms with Crippen molar-refractivity contribution in [2.75, 3.05) is 14.2 Å². The fourth-order valence-corrected chi connectivity index (χ4v) is 3.51. The Morgan fingerprint density at radius 3 is 2.58 bits per heavy atom. The molecule has 0 radical (unpaired) electrons. The number of carbonyl (C=O) groups is 1. The van der Waals surface area contributed by atoms with Crippen LogP contribution < -0.4 is 14.8 Å². The van der Waals surface area contributed by atoms with Crippen molar-refractivity contribution >= 4 is 16.9 Å². The minimum absolute atomic E-state index is 0.204. The molecule has 1 amide bonds. The molecule has 0 atom stereocenters. The van der Waals surface area contributed by atoms with Gasteiger partial charge in [-0.1, -0.05) is 30.3 Å². The lowest BCUT2D eigenvalue weighted by Gasteiger charge is -2.12. The topological polar surface area (TPSA) is 78.3 Å². The number of benzene rings is 2. The molecule has 0 aliphatic carbocycles. The first-order valence-electron chi connectivity index (χ1n) is 10.1. The molecule has 2 heterocycles. The Balaban J connectivity index is 1.70. The molecule has 7 nitrogen and oxygen atoms in total. The molecular weight excluding hydrogens is 392 g/mol. The highest BCUT2D eigenvalue weighted by molar-refractivity contribution is 6.06. The van der Waals surface area contributed by atoms with Crippen molar-refractivity contribution in [3.05, 3.63) is 71.9 Å². The third-order valence-corrected chi connectivity index (χ3v) is 5.15. The highest BCUT2D eigenvalue weighted by Crippen LogP contribution is 2.26. The van der Waals surface area contributed by atoms with Crippen LogP contribution in [-0.4, -0.2) is 34.9 Å². The first-order chi connectivity index (χ1) is 15.1. The minimum Gasteiger partial charge on any atom is -0.497 e. The van der Waals surface area contributed by atoms with E-state index in [1.807, 2.05) is 61.5 Å². The predicted octanol–water partition coefficient (Wildman–Crippen LogP) is 4.07. The zero-order valence-corrected chi connectivity index (χ0v) is 17.8. The summed E-state index contributed by atoms with van der Waals surface area (Å²) < 4.78 is 12.5. The third kappa shape index (κ3) is 4.07. The first-order valence-corrected chi connectivity index (χ1v) is 10.1. The number of fused-ring (bicyclic) bond motifs is 1. The van der Waals surface area contributed by atoms with Crippen LogP contribution in [0.3, 0.4) is 0 Å². The Hall–Kier alpha value is -3.87. The molecule has 0 saturated heterocycles. The van der Waals surface area contributed by atoms with Crippen molar-refractivity contribution in [2.24, 2.45) is 0 Å². The average molecular weight is 416 g/mol. The molecule has 31 heavy (non-hydrogen) atoms. The van der Waals surface area contributed by atoms with Crippen LogP contribution in [0, 0.1) is 0 Å². The summed E-state index contributed by atoms with van der Waals surface area (Å²) in [5, 5.41) is 8.12. The number of carbonyl (C=O) groups excluding carboxylic acids is 1. The van der Waals surface area contributed by atoms with Crippen molar-refractivity contribution < 1.29 is 14.3 Å². The zero-order chi connectivity index (χ0) is 21.8. The quantitative estimate of drug-likeness (QED) is 0.491. The van der Waals surface area contributed by atoms with Crippen LogP contribution in [0.25, 0.3) is 22.3 Å². The van der Waals surface area contributed by atoms with E-state index < -0.39 is 0 Å². The van der Waals surface area contributed by atoms with E-state index >= 15 is 0 Å². The van der Waals surface area contributed by atoms with Gasteiger partial charge in [-0.15, -0.1) is 0 Å². The number of aryl methyl sites for hydroxylation is 1. The molecule has 158 valence electrons. The molecule has 0 fully saturated rings. The normalized spacial score (nSPS) is 10.8. The van der Waals surface area contributed by atoms with E-state index in [1.165, 1.54) is 0 Å². The third-order valence-electron chi connectivity index (χ3n) is 5.15. The van der Waals surface area contributed by atoms with Crippen LogP contribution in [0.1, 0.15) is 22.8 Å². The second-order valence-corrected chi connectivity index (χ2v) is 6.98. The fraction of sp³-hybridized carbons (Fsp3) is 0.208. The van der Waals surface area contributed by atoms with E-state index in [0.29, 0.717) is 35.8 Å². The molecule has 0 spiro atoms. The summed E-state index contributed by atoms with van der Waals surface area (Å²) in [4.78, 5) is 18.0. The second-order valence-electron chi connectivity index (χ2n) is 6.98. The first kappa shape index (κ1) is 20.4. The zero-order valence-electron chi connectivity index (χ0n) is 17.8. The number of rotatable bonds is 7. The van der Waals surface area contributed by atoms with E-state index in [-0.39, 0.29) is 5.91 Å². The second kappa shape index (κ2) is 8.87. The van der Waals surface area contributed by atoms with Crippen molar-refractivity contribution in [1.29, 1.82) is 0 Å². The standard InChI is InChI=1S/C24H24N4O3/c1-4-28-23-20(15-26-28)19(13-21(27-23)16-8-6-5-7-9-16)24(29)25-14-17-12-18(30-2)10-11-22(17)31-3/h5-13,15H,4,14H2,1-3H3,(H,25,29).